The number of hydrogen-bond acceptors (Lipinski definition) is 5. The molecule has 1 aromatic carbocycles. The van der Waals surface area contributed by atoms with E-state index in [4.69, 9.17) is 16.3 Å². The fourth-order valence-corrected chi connectivity index (χ4v) is 2.34. The monoisotopic (exact) mass is 271 g/mol. The Kier molecular flexibility index (Phi) is 4.53. The van der Waals surface area contributed by atoms with Crippen LogP contribution in [0.4, 0.5) is 5.69 Å². The van der Waals surface area contributed by atoms with Gasteiger partial charge in [0.25, 0.3) is 0 Å². The highest BCUT2D eigenvalue weighted by Gasteiger charge is 2.08. The van der Waals surface area contributed by atoms with Gasteiger partial charge in [0, 0.05) is 20.3 Å². The van der Waals surface area contributed by atoms with E-state index >= 15 is 0 Å². The summed E-state index contributed by atoms with van der Waals surface area (Å²) in [5.41, 5.74) is 2.63. The number of ether oxygens (including phenoxy) is 1. The molecule has 1 heterocycles. The maximum absolute atomic E-state index is 6.15. The zero-order chi connectivity index (χ0) is 12.1. The van der Waals surface area contributed by atoms with Gasteiger partial charge in [0.15, 0.2) is 0 Å². The maximum Gasteiger partial charge on any atom is 0.129 e. The Morgan fingerprint density at radius 1 is 1.35 bits per heavy atom. The molecule has 0 saturated heterocycles. The van der Waals surface area contributed by atoms with Gasteiger partial charge in [-0.25, -0.2) is 0 Å². The fraction of sp³-hybridized carbons (Fsp3) is 0.455. The Morgan fingerprint density at radius 3 is 3.06 bits per heavy atom. The van der Waals surface area contributed by atoms with Crippen LogP contribution in [0.1, 0.15) is 12.8 Å². The fourth-order valence-electron chi connectivity index (χ4n) is 1.58. The summed E-state index contributed by atoms with van der Waals surface area (Å²) in [5.74, 6) is 0. The van der Waals surface area contributed by atoms with Crippen LogP contribution in [-0.2, 0) is 4.74 Å². The summed E-state index contributed by atoms with van der Waals surface area (Å²) in [6.45, 7) is 1.65. The molecule has 6 heteroatoms. The molecule has 0 aliphatic rings. The Labute approximate surface area is 109 Å². The molecule has 0 aliphatic heterocycles. The molecule has 0 spiro atoms. The Hall–Kier alpha value is -0.910. The molecule has 1 N–H and O–H groups in total. The minimum absolute atomic E-state index is 0.692. The summed E-state index contributed by atoms with van der Waals surface area (Å²) in [5, 5.41) is 4.01. The van der Waals surface area contributed by atoms with E-state index in [0.717, 1.165) is 42.7 Å². The molecule has 4 nitrogen and oxygen atoms in total. The first kappa shape index (κ1) is 12.5. The first-order chi connectivity index (χ1) is 8.33. The third-order valence-corrected chi connectivity index (χ3v) is 3.31. The summed E-state index contributed by atoms with van der Waals surface area (Å²) < 4.78 is 13.4. The van der Waals surface area contributed by atoms with Crippen LogP contribution < -0.4 is 5.32 Å². The van der Waals surface area contributed by atoms with Gasteiger partial charge in [-0.05, 0) is 25.0 Å². The molecule has 0 bridgehead atoms. The van der Waals surface area contributed by atoms with Gasteiger partial charge in [-0.3, -0.25) is 0 Å². The first-order valence-electron chi connectivity index (χ1n) is 5.46. The van der Waals surface area contributed by atoms with Crippen LogP contribution in [0.25, 0.3) is 11.0 Å². The second kappa shape index (κ2) is 6.14. The van der Waals surface area contributed by atoms with Crippen molar-refractivity contribution in [2.75, 3.05) is 25.6 Å². The molecule has 0 atom stereocenters. The van der Waals surface area contributed by atoms with Gasteiger partial charge >= 0.3 is 0 Å². The van der Waals surface area contributed by atoms with Crippen molar-refractivity contribution in [2.45, 2.75) is 12.8 Å². The van der Waals surface area contributed by atoms with E-state index in [1.54, 1.807) is 7.11 Å². The van der Waals surface area contributed by atoms with Gasteiger partial charge in [-0.2, -0.15) is 8.75 Å². The number of rotatable bonds is 6. The molecule has 0 radical (unpaired) electrons. The molecular weight excluding hydrogens is 258 g/mol. The van der Waals surface area contributed by atoms with E-state index in [9.17, 15) is 0 Å². The molecule has 2 aromatic rings. The smallest absolute Gasteiger partial charge is 0.129 e. The van der Waals surface area contributed by atoms with E-state index in [-0.39, 0.29) is 0 Å². The van der Waals surface area contributed by atoms with Gasteiger partial charge < -0.3 is 10.1 Å². The van der Waals surface area contributed by atoms with E-state index in [2.05, 4.69) is 14.1 Å². The minimum atomic E-state index is 0.692. The topological polar surface area (TPSA) is 47.0 Å². The van der Waals surface area contributed by atoms with Crippen molar-refractivity contribution in [3.05, 3.63) is 17.2 Å². The minimum Gasteiger partial charge on any atom is -0.385 e. The van der Waals surface area contributed by atoms with Gasteiger partial charge in [0.05, 0.1) is 22.4 Å². The van der Waals surface area contributed by atoms with Crippen molar-refractivity contribution in [3.63, 3.8) is 0 Å². The number of methoxy groups -OCH3 is 1. The Bertz CT molecular complexity index is 489. The standard InChI is InChI=1S/C11H14ClN3OS/c1-16-7-3-2-6-13-10-8(12)4-5-9-11(10)15-17-14-9/h4-5,13H,2-3,6-7H2,1H3. The highest BCUT2D eigenvalue weighted by atomic mass is 35.5. The van der Waals surface area contributed by atoms with E-state index in [1.165, 1.54) is 11.7 Å². The molecular formula is C11H14ClN3OS. The summed E-state index contributed by atoms with van der Waals surface area (Å²) in [6, 6.07) is 3.74. The lowest BCUT2D eigenvalue weighted by molar-refractivity contribution is 0.194. The van der Waals surface area contributed by atoms with Crippen LogP contribution in [0.5, 0.6) is 0 Å². The van der Waals surface area contributed by atoms with E-state index in [1.807, 2.05) is 12.1 Å². The number of fused-ring (bicyclic) bond motifs is 1. The summed E-state index contributed by atoms with van der Waals surface area (Å²) in [7, 11) is 1.71. The lowest BCUT2D eigenvalue weighted by Crippen LogP contribution is -2.04. The zero-order valence-corrected chi connectivity index (χ0v) is 11.1. The third kappa shape index (κ3) is 3.06. The number of halogens is 1. The molecule has 2 rings (SSSR count). The molecule has 92 valence electrons. The average molecular weight is 272 g/mol. The SMILES string of the molecule is COCCCCNc1c(Cl)ccc2nsnc12. The second-order valence-electron chi connectivity index (χ2n) is 3.68. The molecule has 0 unspecified atom stereocenters. The lowest BCUT2D eigenvalue weighted by atomic mass is 10.2. The molecule has 0 aliphatic carbocycles. The van der Waals surface area contributed by atoms with Gasteiger partial charge in [0.2, 0.25) is 0 Å². The highest BCUT2D eigenvalue weighted by molar-refractivity contribution is 7.00. The quantitative estimate of drug-likeness (QED) is 0.820. The lowest BCUT2D eigenvalue weighted by Gasteiger charge is -2.08. The van der Waals surface area contributed by atoms with Crippen molar-refractivity contribution in [3.8, 4) is 0 Å². The number of nitrogens with one attached hydrogen (secondary N) is 1. The number of benzene rings is 1. The van der Waals surface area contributed by atoms with Crippen molar-refractivity contribution >= 4 is 40.0 Å². The normalized spacial score (nSPS) is 10.9. The van der Waals surface area contributed by atoms with Crippen LogP contribution >= 0.6 is 23.3 Å². The number of hydrogen-bond donors (Lipinski definition) is 1. The maximum atomic E-state index is 6.15. The van der Waals surface area contributed by atoms with Crippen molar-refractivity contribution in [1.29, 1.82) is 0 Å². The summed E-state index contributed by atoms with van der Waals surface area (Å²) in [6.07, 6.45) is 2.07. The Balaban J connectivity index is 2.02. The van der Waals surface area contributed by atoms with E-state index in [0.29, 0.717) is 5.02 Å². The summed E-state index contributed by atoms with van der Waals surface area (Å²) in [4.78, 5) is 0. The second-order valence-corrected chi connectivity index (χ2v) is 4.62. The summed E-state index contributed by atoms with van der Waals surface area (Å²) >= 11 is 7.35. The van der Waals surface area contributed by atoms with E-state index < -0.39 is 0 Å². The predicted molar refractivity (Wildman–Crippen MR) is 72.0 cm³/mol. The van der Waals surface area contributed by atoms with Gasteiger partial charge in [0.1, 0.15) is 11.0 Å². The number of anilines is 1. The number of aromatic nitrogens is 2. The average Bonchev–Trinajstić information content (AvgIpc) is 2.79. The van der Waals surface area contributed by atoms with Crippen LogP contribution in [0.3, 0.4) is 0 Å². The number of nitrogens with zero attached hydrogens (tertiary/aromatic N) is 2. The predicted octanol–water partition coefficient (Wildman–Crippen LogP) is 3.18. The molecule has 0 amide bonds. The van der Waals surface area contributed by atoms with Gasteiger partial charge in [-0.15, -0.1) is 0 Å². The molecule has 0 fully saturated rings. The molecule has 0 saturated carbocycles. The Morgan fingerprint density at radius 2 is 2.24 bits per heavy atom. The molecule has 1 aromatic heterocycles. The van der Waals surface area contributed by atoms with Gasteiger partial charge in [-0.1, -0.05) is 11.6 Å². The van der Waals surface area contributed by atoms with Crippen molar-refractivity contribution < 1.29 is 4.74 Å². The highest BCUT2D eigenvalue weighted by Crippen LogP contribution is 2.29. The third-order valence-electron chi connectivity index (χ3n) is 2.45. The van der Waals surface area contributed by atoms with Crippen molar-refractivity contribution in [1.82, 2.24) is 8.75 Å². The van der Waals surface area contributed by atoms with Crippen LogP contribution in [0.15, 0.2) is 12.1 Å². The first-order valence-corrected chi connectivity index (χ1v) is 6.57. The zero-order valence-electron chi connectivity index (χ0n) is 9.57. The number of unbranched alkanes of at least 4 members (excludes halogenated alkanes) is 1. The van der Waals surface area contributed by atoms with Crippen LogP contribution in [0.2, 0.25) is 5.02 Å². The molecule has 17 heavy (non-hydrogen) atoms. The van der Waals surface area contributed by atoms with Crippen LogP contribution in [0, 0.1) is 0 Å². The van der Waals surface area contributed by atoms with Crippen LogP contribution in [-0.4, -0.2) is 29.0 Å². The largest absolute Gasteiger partial charge is 0.385 e. The van der Waals surface area contributed by atoms with Crippen molar-refractivity contribution in [2.24, 2.45) is 0 Å².